The van der Waals surface area contributed by atoms with E-state index in [1.54, 1.807) is 17.0 Å². The van der Waals surface area contributed by atoms with Gasteiger partial charge >= 0.3 is 0 Å². The summed E-state index contributed by atoms with van der Waals surface area (Å²) in [6.45, 7) is 5.95. The Kier molecular flexibility index (Phi) is 6.40. The van der Waals surface area contributed by atoms with Gasteiger partial charge in [0.1, 0.15) is 18.6 Å². The number of hydrogen-bond acceptors (Lipinski definition) is 4. The number of hydrogen-bond donors (Lipinski definition) is 0. The molecule has 4 aromatic rings. The lowest BCUT2D eigenvalue weighted by Gasteiger charge is -2.18. The van der Waals surface area contributed by atoms with Crippen LogP contribution in [-0.4, -0.2) is 28.5 Å². The van der Waals surface area contributed by atoms with Gasteiger partial charge in [-0.2, -0.15) is 0 Å². The van der Waals surface area contributed by atoms with E-state index in [1.807, 2.05) is 67.2 Å². The molecule has 164 valence electrons. The van der Waals surface area contributed by atoms with E-state index in [9.17, 15) is 9.59 Å². The Balaban J connectivity index is 1.38. The predicted molar refractivity (Wildman–Crippen MR) is 124 cm³/mol. The van der Waals surface area contributed by atoms with Crippen LogP contribution in [0, 0.1) is 0 Å². The normalized spacial score (nSPS) is 10.9. The topological polar surface area (TPSA) is 64.7 Å². The number of ether oxygens (including phenoxy) is 1. The lowest BCUT2D eigenvalue weighted by molar-refractivity contribution is 0.0773. The highest BCUT2D eigenvalue weighted by Crippen LogP contribution is 2.17. The van der Waals surface area contributed by atoms with Crippen molar-refractivity contribution in [3.63, 3.8) is 0 Å². The van der Waals surface area contributed by atoms with Gasteiger partial charge in [-0.1, -0.05) is 36.4 Å². The van der Waals surface area contributed by atoms with E-state index >= 15 is 0 Å². The molecule has 0 aliphatic heterocycles. The fourth-order valence-electron chi connectivity index (χ4n) is 3.64. The Hall–Kier alpha value is -3.80. The minimum atomic E-state index is -0.226. The number of benzene rings is 2. The van der Waals surface area contributed by atoms with Gasteiger partial charge in [0, 0.05) is 37.1 Å². The molecule has 1 amide bonds. The van der Waals surface area contributed by atoms with E-state index in [-0.39, 0.29) is 23.7 Å². The number of nitrogens with zero attached hydrogens (tertiary/aromatic N) is 2. The molecule has 0 fully saturated rings. The molecule has 0 bridgehead atoms. The number of fused-ring (bicyclic) bond motifs is 1. The van der Waals surface area contributed by atoms with Gasteiger partial charge in [0.15, 0.2) is 0 Å². The molecule has 0 N–H and O–H groups in total. The Bertz CT molecular complexity index is 1230. The van der Waals surface area contributed by atoms with Gasteiger partial charge < -0.3 is 18.6 Å². The van der Waals surface area contributed by atoms with Crippen LogP contribution in [0.3, 0.4) is 0 Å². The van der Waals surface area contributed by atoms with Crippen molar-refractivity contribution in [1.29, 1.82) is 0 Å². The van der Waals surface area contributed by atoms with Crippen molar-refractivity contribution >= 4 is 16.7 Å². The number of carbonyl (C=O) groups is 1. The minimum absolute atomic E-state index is 0.00860. The highest BCUT2D eigenvalue weighted by Gasteiger charge is 2.12. The zero-order valence-corrected chi connectivity index (χ0v) is 18.3. The standard InChI is InChI=1S/C26H26N2O4/c1-3-28(4-2)26(30)20-11-9-19(10-12-20)17-32-25-18-31-23(13-24(25)29)16-27-14-21-7-5-6-8-22(21)15-27/h5-15,18H,3-4,16-17H2,1-2H3. The van der Waals surface area contributed by atoms with Crippen molar-refractivity contribution < 1.29 is 13.9 Å². The van der Waals surface area contributed by atoms with Crippen LogP contribution in [0.5, 0.6) is 5.75 Å². The van der Waals surface area contributed by atoms with Gasteiger partial charge in [-0.3, -0.25) is 9.59 Å². The molecule has 2 heterocycles. The highest BCUT2D eigenvalue weighted by atomic mass is 16.5. The molecule has 2 aromatic heterocycles. The summed E-state index contributed by atoms with van der Waals surface area (Å²) in [4.78, 5) is 26.6. The summed E-state index contributed by atoms with van der Waals surface area (Å²) in [7, 11) is 0. The molecule has 6 heteroatoms. The van der Waals surface area contributed by atoms with E-state index in [0.717, 1.165) is 16.3 Å². The van der Waals surface area contributed by atoms with Crippen LogP contribution in [0.25, 0.3) is 10.8 Å². The Labute approximate surface area is 186 Å². The van der Waals surface area contributed by atoms with Crippen molar-refractivity contribution in [1.82, 2.24) is 9.47 Å². The molecule has 0 unspecified atom stereocenters. The van der Waals surface area contributed by atoms with Crippen LogP contribution < -0.4 is 10.2 Å². The second-order valence-electron chi connectivity index (χ2n) is 7.60. The van der Waals surface area contributed by atoms with Crippen LogP contribution in [0.1, 0.15) is 35.5 Å². The van der Waals surface area contributed by atoms with Gasteiger partial charge in [0.2, 0.25) is 11.2 Å². The molecular weight excluding hydrogens is 404 g/mol. The average Bonchev–Trinajstić information content (AvgIpc) is 3.22. The van der Waals surface area contributed by atoms with E-state index in [2.05, 4.69) is 0 Å². The smallest absolute Gasteiger partial charge is 0.253 e. The second kappa shape index (κ2) is 9.56. The zero-order chi connectivity index (χ0) is 22.5. The Morgan fingerprint density at radius 2 is 1.66 bits per heavy atom. The number of aromatic nitrogens is 1. The molecule has 0 radical (unpaired) electrons. The summed E-state index contributed by atoms with van der Waals surface area (Å²) in [6, 6.07) is 16.8. The van der Waals surface area contributed by atoms with Crippen molar-refractivity contribution in [2.45, 2.75) is 27.0 Å². The minimum Gasteiger partial charge on any atom is -0.482 e. The first-order valence-electron chi connectivity index (χ1n) is 10.7. The van der Waals surface area contributed by atoms with E-state index in [1.165, 1.54) is 12.3 Å². The van der Waals surface area contributed by atoms with Gasteiger partial charge in [-0.25, -0.2) is 0 Å². The third-order valence-corrected chi connectivity index (χ3v) is 5.44. The summed E-state index contributed by atoms with van der Waals surface area (Å²) < 4.78 is 13.3. The molecule has 0 atom stereocenters. The third kappa shape index (κ3) is 4.75. The predicted octanol–water partition coefficient (Wildman–Crippen LogP) is 4.70. The molecule has 0 spiro atoms. The summed E-state index contributed by atoms with van der Waals surface area (Å²) in [5, 5.41) is 2.28. The van der Waals surface area contributed by atoms with E-state index in [0.29, 0.717) is 31.0 Å². The number of amides is 1. The Morgan fingerprint density at radius 3 is 2.25 bits per heavy atom. The first-order valence-corrected chi connectivity index (χ1v) is 10.7. The fourth-order valence-corrected chi connectivity index (χ4v) is 3.64. The molecule has 0 aliphatic carbocycles. The van der Waals surface area contributed by atoms with Crippen molar-refractivity contribution in [3.05, 3.63) is 100 Å². The summed E-state index contributed by atoms with van der Waals surface area (Å²) in [5.41, 5.74) is 1.28. The molecule has 32 heavy (non-hydrogen) atoms. The number of rotatable bonds is 8. The summed E-state index contributed by atoms with van der Waals surface area (Å²) in [6.07, 6.45) is 5.40. The van der Waals surface area contributed by atoms with E-state index in [4.69, 9.17) is 9.15 Å². The molecule has 2 aromatic carbocycles. The van der Waals surface area contributed by atoms with Crippen LogP contribution in [-0.2, 0) is 13.2 Å². The Morgan fingerprint density at radius 1 is 1.00 bits per heavy atom. The van der Waals surface area contributed by atoms with Crippen molar-refractivity contribution in [2.75, 3.05) is 13.1 Å². The molecular formula is C26H26N2O4. The average molecular weight is 431 g/mol. The summed E-state index contributed by atoms with van der Waals surface area (Å²) in [5.74, 6) is 0.728. The van der Waals surface area contributed by atoms with Gasteiger partial charge in [0.25, 0.3) is 5.91 Å². The maximum atomic E-state index is 12.5. The SMILES string of the molecule is CCN(CC)C(=O)c1ccc(COc2coc(Cn3cc4ccccc4c3)cc2=O)cc1. The quantitative estimate of drug-likeness (QED) is 0.406. The maximum Gasteiger partial charge on any atom is 0.253 e. The van der Waals surface area contributed by atoms with Crippen molar-refractivity contribution in [2.24, 2.45) is 0 Å². The third-order valence-electron chi connectivity index (χ3n) is 5.44. The highest BCUT2D eigenvalue weighted by molar-refractivity contribution is 5.94. The van der Waals surface area contributed by atoms with Crippen LogP contribution in [0.2, 0.25) is 0 Å². The number of carbonyl (C=O) groups excluding carboxylic acids is 1. The lowest BCUT2D eigenvalue weighted by Crippen LogP contribution is -2.30. The first-order chi connectivity index (χ1) is 15.6. The zero-order valence-electron chi connectivity index (χ0n) is 18.3. The van der Waals surface area contributed by atoms with Gasteiger partial charge in [-0.05, 0) is 42.3 Å². The molecule has 0 aliphatic rings. The van der Waals surface area contributed by atoms with E-state index < -0.39 is 0 Å². The van der Waals surface area contributed by atoms with Crippen LogP contribution >= 0.6 is 0 Å². The van der Waals surface area contributed by atoms with Gasteiger partial charge in [-0.15, -0.1) is 0 Å². The fraction of sp³-hybridized carbons (Fsp3) is 0.231. The summed E-state index contributed by atoms with van der Waals surface area (Å²) >= 11 is 0. The first kappa shape index (κ1) is 21.4. The maximum absolute atomic E-state index is 12.5. The molecule has 6 nitrogen and oxygen atoms in total. The molecule has 0 saturated carbocycles. The van der Waals surface area contributed by atoms with Crippen molar-refractivity contribution in [3.8, 4) is 5.75 Å². The molecule has 4 rings (SSSR count). The van der Waals surface area contributed by atoms with Crippen LogP contribution in [0.4, 0.5) is 0 Å². The largest absolute Gasteiger partial charge is 0.482 e. The second-order valence-corrected chi connectivity index (χ2v) is 7.60. The van der Waals surface area contributed by atoms with Crippen LogP contribution in [0.15, 0.2) is 82.5 Å². The lowest BCUT2D eigenvalue weighted by atomic mass is 10.1. The van der Waals surface area contributed by atoms with Gasteiger partial charge in [0.05, 0.1) is 6.54 Å². The molecule has 0 saturated heterocycles. The monoisotopic (exact) mass is 430 g/mol.